The van der Waals surface area contributed by atoms with Crippen LogP contribution in [0.15, 0.2) is 71.9 Å². The van der Waals surface area contributed by atoms with Gasteiger partial charge in [0.25, 0.3) is 0 Å². The number of allylic oxidation sites excluding steroid dienone is 1. The average molecular weight is 299 g/mol. The molecule has 0 amide bonds. The van der Waals surface area contributed by atoms with Crippen molar-refractivity contribution in [2.24, 2.45) is 4.99 Å². The molecule has 0 fully saturated rings. The van der Waals surface area contributed by atoms with Crippen molar-refractivity contribution in [2.75, 3.05) is 0 Å². The van der Waals surface area contributed by atoms with Crippen LogP contribution in [0.2, 0.25) is 0 Å². The molecule has 4 rings (SSSR count). The molecule has 0 bridgehead atoms. The monoisotopic (exact) mass is 299 g/mol. The zero-order valence-corrected chi connectivity index (χ0v) is 12.8. The second kappa shape index (κ2) is 5.40. The highest BCUT2D eigenvalue weighted by molar-refractivity contribution is 5.91. The number of para-hydroxylation sites is 1. The molecule has 0 N–H and O–H groups in total. The molecule has 112 valence electrons. The fourth-order valence-corrected chi connectivity index (χ4v) is 3.48. The van der Waals surface area contributed by atoms with Crippen molar-refractivity contribution < 1.29 is 0 Å². The molecule has 0 radical (unpaired) electrons. The first-order valence-electron chi connectivity index (χ1n) is 7.96. The van der Waals surface area contributed by atoms with E-state index in [-0.39, 0.29) is 0 Å². The number of aliphatic imine (C=N–C) groups is 1. The molecule has 0 spiro atoms. The fourth-order valence-electron chi connectivity index (χ4n) is 3.48. The number of nitriles is 1. The van der Waals surface area contributed by atoms with Crippen LogP contribution in [0.3, 0.4) is 0 Å². The van der Waals surface area contributed by atoms with E-state index >= 15 is 0 Å². The lowest BCUT2D eigenvalue weighted by atomic mass is 9.80. The average Bonchev–Trinajstić information content (AvgIpc) is 2.86. The van der Waals surface area contributed by atoms with Crippen molar-refractivity contribution in [1.82, 2.24) is 4.90 Å². The van der Waals surface area contributed by atoms with Crippen molar-refractivity contribution in [3.63, 3.8) is 0 Å². The van der Waals surface area contributed by atoms with Crippen LogP contribution in [-0.2, 0) is 5.54 Å². The molecule has 0 saturated heterocycles. The minimum Gasteiger partial charge on any atom is -0.310 e. The summed E-state index contributed by atoms with van der Waals surface area (Å²) in [7, 11) is 0. The Balaban J connectivity index is 2.05. The fraction of sp³-hybridized carbons (Fsp3) is 0.200. The van der Waals surface area contributed by atoms with Gasteiger partial charge in [0.05, 0.1) is 5.69 Å². The molecule has 2 aromatic carbocycles. The highest BCUT2D eigenvalue weighted by Crippen LogP contribution is 2.45. The van der Waals surface area contributed by atoms with E-state index in [1.165, 1.54) is 0 Å². The molecule has 2 aromatic rings. The topological polar surface area (TPSA) is 39.4 Å². The third-order valence-electron chi connectivity index (χ3n) is 4.56. The predicted molar refractivity (Wildman–Crippen MR) is 91.2 cm³/mol. The molecule has 1 atom stereocenters. The summed E-state index contributed by atoms with van der Waals surface area (Å²) in [5, 5.41) is 10.3. The highest BCUT2D eigenvalue weighted by Gasteiger charge is 2.45. The quantitative estimate of drug-likeness (QED) is 0.778. The van der Waals surface area contributed by atoms with E-state index in [1.54, 1.807) is 0 Å². The third kappa shape index (κ3) is 1.99. The van der Waals surface area contributed by atoms with Crippen LogP contribution in [0.4, 0.5) is 5.69 Å². The lowest BCUT2D eigenvalue weighted by Gasteiger charge is -2.42. The van der Waals surface area contributed by atoms with E-state index in [2.05, 4.69) is 17.0 Å². The van der Waals surface area contributed by atoms with E-state index in [9.17, 15) is 5.26 Å². The summed E-state index contributed by atoms with van der Waals surface area (Å²) in [4.78, 5) is 6.90. The van der Waals surface area contributed by atoms with Crippen LogP contribution < -0.4 is 0 Å². The Morgan fingerprint density at radius 3 is 2.65 bits per heavy atom. The maximum absolute atomic E-state index is 10.3. The van der Waals surface area contributed by atoms with Crippen molar-refractivity contribution in [3.8, 4) is 6.07 Å². The minimum atomic E-state index is -0.851. The lowest BCUT2D eigenvalue weighted by molar-refractivity contribution is 0.362. The first-order valence-corrected chi connectivity index (χ1v) is 7.96. The number of hydrogen-bond donors (Lipinski definition) is 0. The van der Waals surface area contributed by atoms with Gasteiger partial charge in [-0.1, -0.05) is 54.6 Å². The molecule has 2 aliphatic heterocycles. The van der Waals surface area contributed by atoms with Crippen LogP contribution in [0.25, 0.3) is 0 Å². The van der Waals surface area contributed by atoms with Crippen molar-refractivity contribution in [2.45, 2.75) is 24.8 Å². The molecular formula is C20H17N3. The normalized spacial score (nSPS) is 22.4. The Kier molecular flexibility index (Phi) is 3.24. The number of benzene rings is 2. The van der Waals surface area contributed by atoms with Gasteiger partial charge in [-0.3, -0.25) is 0 Å². The highest BCUT2D eigenvalue weighted by atomic mass is 15.3. The SMILES string of the molecule is N#CC1(c2ccccc2)c2ccccc2N=C2CCCC=CN21. The van der Waals surface area contributed by atoms with E-state index in [1.807, 2.05) is 60.8 Å². The summed E-state index contributed by atoms with van der Waals surface area (Å²) in [5.41, 5.74) is 1.98. The third-order valence-corrected chi connectivity index (χ3v) is 4.56. The molecule has 1 unspecified atom stereocenters. The molecular weight excluding hydrogens is 282 g/mol. The summed E-state index contributed by atoms with van der Waals surface area (Å²) in [5.74, 6) is 0.975. The molecule has 0 aromatic heterocycles. The van der Waals surface area contributed by atoms with Crippen LogP contribution >= 0.6 is 0 Å². The van der Waals surface area contributed by atoms with Gasteiger partial charge < -0.3 is 4.90 Å². The number of nitrogens with zero attached hydrogens (tertiary/aromatic N) is 3. The van der Waals surface area contributed by atoms with Crippen molar-refractivity contribution in [1.29, 1.82) is 5.26 Å². The van der Waals surface area contributed by atoms with Gasteiger partial charge in [-0.15, -0.1) is 0 Å². The first kappa shape index (κ1) is 13.8. The Hall–Kier alpha value is -2.86. The zero-order chi connectivity index (χ0) is 15.7. The van der Waals surface area contributed by atoms with Gasteiger partial charge in [0, 0.05) is 18.2 Å². The van der Waals surface area contributed by atoms with E-state index in [4.69, 9.17) is 4.99 Å². The number of amidine groups is 1. The van der Waals surface area contributed by atoms with Crippen LogP contribution in [0.5, 0.6) is 0 Å². The molecule has 23 heavy (non-hydrogen) atoms. The molecule has 0 aliphatic carbocycles. The Bertz CT molecular complexity index is 829. The van der Waals surface area contributed by atoms with E-state index in [0.29, 0.717) is 0 Å². The van der Waals surface area contributed by atoms with E-state index in [0.717, 1.165) is 41.9 Å². The number of fused-ring (bicyclic) bond motifs is 2. The lowest BCUT2D eigenvalue weighted by Crippen LogP contribution is -2.48. The zero-order valence-electron chi connectivity index (χ0n) is 12.8. The van der Waals surface area contributed by atoms with Gasteiger partial charge >= 0.3 is 0 Å². The van der Waals surface area contributed by atoms with Gasteiger partial charge in [-0.25, -0.2) is 4.99 Å². The van der Waals surface area contributed by atoms with Gasteiger partial charge in [-0.2, -0.15) is 5.26 Å². The number of hydrogen-bond acceptors (Lipinski definition) is 3. The molecule has 2 heterocycles. The standard InChI is InChI=1S/C20H17N3/c21-15-20(16-9-3-1-4-10-16)17-11-6-7-12-18(17)22-19-13-5-2-8-14-23(19)20/h1,3-4,6-12,14H,2,5,13H2. The summed E-state index contributed by atoms with van der Waals surface area (Å²) < 4.78 is 0. The summed E-state index contributed by atoms with van der Waals surface area (Å²) in [6, 6.07) is 20.6. The largest absolute Gasteiger partial charge is 0.310 e. The van der Waals surface area contributed by atoms with Crippen molar-refractivity contribution >= 4 is 11.5 Å². The summed E-state index contributed by atoms with van der Waals surface area (Å²) >= 11 is 0. The summed E-state index contributed by atoms with van der Waals surface area (Å²) in [6.45, 7) is 0. The van der Waals surface area contributed by atoms with Gasteiger partial charge in [0.2, 0.25) is 0 Å². The van der Waals surface area contributed by atoms with Crippen LogP contribution in [0, 0.1) is 11.3 Å². The Morgan fingerprint density at radius 1 is 1.04 bits per heavy atom. The molecule has 0 saturated carbocycles. The van der Waals surface area contributed by atoms with Gasteiger partial charge in [-0.05, 0) is 24.5 Å². The Labute approximate surface area is 136 Å². The molecule has 2 aliphatic rings. The second-order valence-electron chi connectivity index (χ2n) is 5.88. The van der Waals surface area contributed by atoms with Gasteiger partial charge in [0.1, 0.15) is 11.9 Å². The minimum absolute atomic E-state index is 0.851. The first-order chi connectivity index (χ1) is 11.4. The summed E-state index contributed by atoms with van der Waals surface area (Å²) in [6.07, 6.45) is 7.15. The van der Waals surface area contributed by atoms with Crippen LogP contribution in [-0.4, -0.2) is 10.7 Å². The number of rotatable bonds is 1. The molecule has 3 heteroatoms. The van der Waals surface area contributed by atoms with E-state index < -0.39 is 5.54 Å². The van der Waals surface area contributed by atoms with Crippen LogP contribution in [0.1, 0.15) is 30.4 Å². The second-order valence-corrected chi connectivity index (χ2v) is 5.88. The van der Waals surface area contributed by atoms with Gasteiger partial charge in [0.15, 0.2) is 5.54 Å². The molecule has 3 nitrogen and oxygen atoms in total. The maximum atomic E-state index is 10.3. The Morgan fingerprint density at radius 2 is 1.83 bits per heavy atom. The predicted octanol–water partition coefficient (Wildman–Crippen LogP) is 4.50. The van der Waals surface area contributed by atoms with Crippen molar-refractivity contribution in [3.05, 3.63) is 78.0 Å². The maximum Gasteiger partial charge on any atom is 0.185 e. The smallest absolute Gasteiger partial charge is 0.185 e.